The molecule has 1 aliphatic heterocycles. The molecule has 0 aromatic carbocycles. The van der Waals surface area contributed by atoms with Crippen LogP contribution in [0.4, 0.5) is 0 Å². The molecule has 0 atom stereocenters. The highest BCUT2D eigenvalue weighted by Gasteiger charge is 2.26. The number of hydrogen-bond donors (Lipinski definition) is 0. The molecule has 0 amide bonds. The van der Waals surface area contributed by atoms with Gasteiger partial charge in [-0.25, -0.2) is 4.99 Å². The van der Waals surface area contributed by atoms with E-state index in [-0.39, 0.29) is 5.54 Å². The highest BCUT2D eigenvalue weighted by Crippen LogP contribution is 2.19. The van der Waals surface area contributed by atoms with Crippen molar-refractivity contribution in [3.63, 3.8) is 0 Å². The van der Waals surface area contributed by atoms with Crippen LogP contribution in [0.15, 0.2) is 23.5 Å². The molecular formula is C10H11N2O. The van der Waals surface area contributed by atoms with Gasteiger partial charge in [0.15, 0.2) is 0 Å². The lowest BCUT2D eigenvalue weighted by Crippen LogP contribution is -2.17. The lowest BCUT2D eigenvalue weighted by atomic mass is 10.1. The average molecular weight is 175 g/mol. The van der Waals surface area contributed by atoms with Gasteiger partial charge in [0.2, 0.25) is 5.90 Å². The molecule has 0 spiro atoms. The van der Waals surface area contributed by atoms with Gasteiger partial charge in [0, 0.05) is 18.5 Å². The molecule has 1 radical (unpaired) electrons. The number of rotatable bonds is 1. The van der Waals surface area contributed by atoms with Gasteiger partial charge >= 0.3 is 0 Å². The second kappa shape index (κ2) is 2.83. The van der Waals surface area contributed by atoms with Crippen LogP contribution >= 0.6 is 0 Å². The van der Waals surface area contributed by atoms with Gasteiger partial charge in [-0.3, -0.25) is 4.98 Å². The lowest BCUT2D eigenvalue weighted by Gasteiger charge is -2.07. The minimum Gasteiger partial charge on any atom is -0.475 e. The van der Waals surface area contributed by atoms with E-state index in [0.717, 1.165) is 5.56 Å². The fourth-order valence-corrected chi connectivity index (χ4v) is 1.17. The largest absolute Gasteiger partial charge is 0.475 e. The average Bonchev–Trinajstić information content (AvgIpc) is 2.48. The van der Waals surface area contributed by atoms with E-state index < -0.39 is 0 Å². The molecule has 0 aliphatic carbocycles. The second-order valence-electron chi connectivity index (χ2n) is 3.69. The van der Waals surface area contributed by atoms with Crippen LogP contribution in [0, 0.1) is 6.07 Å². The maximum atomic E-state index is 5.44. The third kappa shape index (κ3) is 1.69. The first-order valence-electron chi connectivity index (χ1n) is 4.21. The lowest BCUT2D eigenvalue weighted by molar-refractivity contribution is 0.279. The smallest absolute Gasteiger partial charge is 0.218 e. The van der Waals surface area contributed by atoms with Crippen LogP contribution in [0.1, 0.15) is 19.4 Å². The summed E-state index contributed by atoms with van der Waals surface area (Å²) in [6.07, 6.45) is 3.35. The Labute approximate surface area is 77.5 Å². The van der Waals surface area contributed by atoms with Crippen molar-refractivity contribution >= 4 is 5.90 Å². The molecule has 3 nitrogen and oxygen atoms in total. The first kappa shape index (κ1) is 8.23. The summed E-state index contributed by atoms with van der Waals surface area (Å²) in [5.41, 5.74) is 0.790. The van der Waals surface area contributed by atoms with Crippen LogP contribution in [0.25, 0.3) is 0 Å². The number of ether oxygens (including phenoxy) is 1. The summed E-state index contributed by atoms with van der Waals surface area (Å²) in [6.45, 7) is 4.72. The Hall–Kier alpha value is -1.38. The fourth-order valence-electron chi connectivity index (χ4n) is 1.17. The Morgan fingerprint density at radius 3 is 2.92 bits per heavy atom. The van der Waals surface area contributed by atoms with E-state index in [4.69, 9.17) is 4.74 Å². The normalized spacial score (nSPS) is 19.4. The predicted molar refractivity (Wildman–Crippen MR) is 49.6 cm³/mol. The molecule has 0 unspecified atom stereocenters. The van der Waals surface area contributed by atoms with Gasteiger partial charge < -0.3 is 4.74 Å². The molecule has 0 saturated heterocycles. The minimum absolute atomic E-state index is 0.106. The third-order valence-corrected chi connectivity index (χ3v) is 1.81. The van der Waals surface area contributed by atoms with E-state index in [0.29, 0.717) is 12.5 Å². The summed E-state index contributed by atoms with van der Waals surface area (Å²) in [5.74, 6) is 0.675. The van der Waals surface area contributed by atoms with Crippen molar-refractivity contribution in [2.75, 3.05) is 6.61 Å². The van der Waals surface area contributed by atoms with Gasteiger partial charge in [0.05, 0.1) is 11.1 Å². The molecule has 1 aromatic heterocycles. The summed E-state index contributed by atoms with van der Waals surface area (Å²) in [7, 11) is 0. The van der Waals surface area contributed by atoms with Crippen LogP contribution < -0.4 is 0 Å². The molecule has 0 N–H and O–H groups in total. The van der Waals surface area contributed by atoms with E-state index in [9.17, 15) is 0 Å². The monoisotopic (exact) mass is 175 g/mol. The van der Waals surface area contributed by atoms with Gasteiger partial charge in [-0.05, 0) is 19.9 Å². The van der Waals surface area contributed by atoms with Crippen molar-refractivity contribution in [2.45, 2.75) is 19.4 Å². The Kier molecular flexibility index (Phi) is 1.79. The molecule has 3 heteroatoms. The van der Waals surface area contributed by atoms with Crippen molar-refractivity contribution in [1.29, 1.82) is 0 Å². The van der Waals surface area contributed by atoms with Gasteiger partial charge in [-0.2, -0.15) is 0 Å². The van der Waals surface area contributed by atoms with Gasteiger partial charge in [-0.15, -0.1) is 0 Å². The topological polar surface area (TPSA) is 34.5 Å². The number of aromatic nitrogens is 1. The van der Waals surface area contributed by atoms with E-state index in [1.54, 1.807) is 12.4 Å². The van der Waals surface area contributed by atoms with Crippen LogP contribution in [0.5, 0.6) is 0 Å². The quantitative estimate of drug-likeness (QED) is 0.647. The van der Waals surface area contributed by atoms with Gasteiger partial charge in [0.25, 0.3) is 0 Å². The second-order valence-corrected chi connectivity index (χ2v) is 3.69. The molecule has 0 saturated carbocycles. The zero-order valence-electron chi connectivity index (χ0n) is 7.74. The van der Waals surface area contributed by atoms with Gasteiger partial charge in [0.1, 0.15) is 6.61 Å². The van der Waals surface area contributed by atoms with Crippen molar-refractivity contribution in [2.24, 2.45) is 4.99 Å². The molecule has 67 valence electrons. The van der Waals surface area contributed by atoms with Crippen LogP contribution in [-0.4, -0.2) is 23.0 Å². The Bertz CT molecular complexity index is 330. The van der Waals surface area contributed by atoms with Crippen molar-refractivity contribution in [3.05, 3.63) is 30.1 Å². The first-order valence-corrected chi connectivity index (χ1v) is 4.21. The summed E-state index contributed by atoms with van der Waals surface area (Å²) >= 11 is 0. The summed E-state index contributed by atoms with van der Waals surface area (Å²) in [5, 5.41) is 0. The molecule has 1 aromatic rings. The highest BCUT2D eigenvalue weighted by atomic mass is 16.5. The fraction of sp³-hybridized carbons (Fsp3) is 0.400. The molecule has 0 bridgehead atoms. The first-order chi connectivity index (χ1) is 6.17. The standard InChI is InChI=1S/C10H11N2O/c1-10(2)7-13-9(12-10)8-4-3-5-11-6-8/h4-6H,7H2,1-2H3. The summed E-state index contributed by atoms with van der Waals surface area (Å²) < 4.78 is 5.44. The Morgan fingerprint density at radius 1 is 1.54 bits per heavy atom. The molecule has 0 fully saturated rings. The highest BCUT2D eigenvalue weighted by molar-refractivity contribution is 5.95. The van der Waals surface area contributed by atoms with E-state index in [1.807, 2.05) is 19.9 Å². The summed E-state index contributed by atoms with van der Waals surface area (Å²) in [4.78, 5) is 8.39. The van der Waals surface area contributed by atoms with E-state index >= 15 is 0 Å². The number of nitrogens with zero attached hydrogens (tertiary/aromatic N) is 2. The van der Waals surface area contributed by atoms with Crippen LogP contribution in [0.3, 0.4) is 0 Å². The maximum absolute atomic E-state index is 5.44. The molecule has 2 rings (SSSR count). The van der Waals surface area contributed by atoms with Crippen molar-refractivity contribution in [3.8, 4) is 0 Å². The SMILES string of the molecule is CC1(C)COC(c2c[c]cnc2)=N1. The number of pyridine rings is 1. The zero-order chi connectivity index (χ0) is 9.31. The number of hydrogen-bond acceptors (Lipinski definition) is 3. The molecular weight excluding hydrogens is 164 g/mol. The predicted octanol–water partition coefficient (Wildman–Crippen LogP) is 1.44. The molecule has 2 heterocycles. The molecule has 1 aliphatic rings. The number of aliphatic imine (C=N–C) groups is 1. The van der Waals surface area contributed by atoms with Crippen molar-refractivity contribution in [1.82, 2.24) is 4.98 Å². The Balaban J connectivity index is 2.30. The maximum Gasteiger partial charge on any atom is 0.218 e. The van der Waals surface area contributed by atoms with Crippen LogP contribution in [0.2, 0.25) is 0 Å². The molecule has 13 heavy (non-hydrogen) atoms. The Morgan fingerprint density at radius 2 is 2.38 bits per heavy atom. The summed E-state index contributed by atoms with van der Waals surface area (Å²) in [6, 6.07) is 4.72. The minimum atomic E-state index is -0.106. The van der Waals surface area contributed by atoms with Crippen molar-refractivity contribution < 1.29 is 4.74 Å². The van der Waals surface area contributed by atoms with E-state index in [1.165, 1.54) is 0 Å². The third-order valence-electron chi connectivity index (χ3n) is 1.81. The van der Waals surface area contributed by atoms with E-state index in [2.05, 4.69) is 16.0 Å². The van der Waals surface area contributed by atoms with Gasteiger partial charge in [-0.1, -0.05) is 0 Å². The zero-order valence-corrected chi connectivity index (χ0v) is 7.74. The van der Waals surface area contributed by atoms with Crippen LogP contribution in [-0.2, 0) is 4.74 Å².